The second-order valence-corrected chi connectivity index (χ2v) is 4.79. The fourth-order valence-electron chi connectivity index (χ4n) is 1.88. The molecule has 0 radical (unpaired) electrons. The number of aryl methyl sites for hydroxylation is 2. The number of benzene rings is 1. The van der Waals surface area contributed by atoms with Gasteiger partial charge in [0.05, 0.1) is 12.5 Å². The van der Waals surface area contributed by atoms with Crippen LogP contribution in [0.15, 0.2) is 24.3 Å². The Hall–Kier alpha value is -2.24. The van der Waals surface area contributed by atoms with Gasteiger partial charge in [-0.05, 0) is 38.1 Å². The van der Waals surface area contributed by atoms with Crippen molar-refractivity contribution in [3.63, 3.8) is 0 Å². The predicted molar refractivity (Wildman–Crippen MR) is 73.7 cm³/mol. The SMILES string of the molecule is Cc1nc(C)n(C[C@H](C)C(=O)Nc2ccc(F)cc2)n1. The highest BCUT2D eigenvalue weighted by Crippen LogP contribution is 2.11. The van der Waals surface area contributed by atoms with Gasteiger partial charge < -0.3 is 5.32 Å². The summed E-state index contributed by atoms with van der Waals surface area (Å²) in [6.07, 6.45) is 0. The van der Waals surface area contributed by atoms with Crippen LogP contribution in [0, 0.1) is 25.6 Å². The average Bonchev–Trinajstić information content (AvgIpc) is 2.70. The van der Waals surface area contributed by atoms with Crippen LogP contribution in [0.2, 0.25) is 0 Å². The van der Waals surface area contributed by atoms with Gasteiger partial charge in [-0.3, -0.25) is 4.79 Å². The first-order valence-corrected chi connectivity index (χ1v) is 6.40. The number of nitrogens with one attached hydrogen (secondary N) is 1. The van der Waals surface area contributed by atoms with Gasteiger partial charge >= 0.3 is 0 Å². The highest BCUT2D eigenvalue weighted by atomic mass is 19.1. The lowest BCUT2D eigenvalue weighted by molar-refractivity contribution is -0.119. The normalized spacial score (nSPS) is 12.2. The third-order valence-electron chi connectivity index (χ3n) is 2.97. The van der Waals surface area contributed by atoms with Crippen molar-refractivity contribution in [2.24, 2.45) is 5.92 Å². The van der Waals surface area contributed by atoms with Crippen molar-refractivity contribution < 1.29 is 9.18 Å². The van der Waals surface area contributed by atoms with Gasteiger partial charge in [0, 0.05) is 5.69 Å². The number of anilines is 1. The number of carbonyl (C=O) groups is 1. The van der Waals surface area contributed by atoms with Gasteiger partial charge in [0.2, 0.25) is 5.91 Å². The Morgan fingerprint density at radius 3 is 2.55 bits per heavy atom. The number of halogens is 1. The van der Waals surface area contributed by atoms with Crippen LogP contribution in [0.5, 0.6) is 0 Å². The smallest absolute Gasteiger partial charge is 0.229 e. The molecule has 6 heteroatoms. The summed E-state index contributed by atoms with van der Waals surface area (Å²) < 4.78 is 14.5. The Labute approximate surface area is 116 Å². The Bertz CT molecular complexity index is 606. The molecule has 1 aromatic heterocycles. The summed E-state index contributed by atoms with van der Waals surface area (Å²) in [5, 5.41) is 6.98. The minimum absolute atomic E-state index is 0.135. The molecule has 0 saturated carbocycles. The monoisotopic (exact) mass is 276 g/mol. The molecule has 1 N–H and O–H groups in total. The summed E-state index contributed by atoms with van der Waals surface area (Å²) in [4.78, 5) is 16.2. The topological polar surface area (TPSA) is 59.8 Å². The van der Waals surface area contributed by atoms with Gasteiger partial charge in [0.1, 0.15) is 17.5 Å². The zero-order valence-electron chi connectivity index (χ0n) is 11.7. The molecule has 1 atom stereocenters. The van der Waals surface area contributed by atoms with Gasteiger partial charge in [-0.25, -0.2) is 14.1 Å². The first kappa shape index (κ1) is 14.2. The molecule has 1 heterocycles. The summed E-state index contributed by atoms with van der Waals surface area (Å²) in [5.41, 5.74) is 0.578. The Balaban J connectivity index is 1.98. The van der Waals surface area contributed by atoms with Crippen molar-refractivity contribution in [2.75, 3.05) is 5.32 Å². The van der Waals surface area contributed by atoms with E-state index >= 15 is 0 Å². The molecule has 1 amide bonds. The number of hydrogen-bond acceptors (Lipinski definition) is 3. The van der Waals surface area contributed by atoms with Crippen molar-refractivity contribution in [1.82, 2.24) is 14.8 Å². The quantitative estimate of drug-likeness (QED) is 0.932. The lowest BCUT2D eigenvalue weighted by Gasteiger charge is -2.12. The summed E-state index contributed by atoms with van der Waals surface area (Å²) in [6, 6.07) is 5.69. The highest BCUT2D eigenvalue weighted by molar-refractivity contribution is 5.92. The maximum absolute atomic E-state index is 12.8. The molecule has 5 nitrogen and oxygen atoms in total. The molecule has 0 spiro atoms. The molecule has 20 heavy (non-hydrogen) atoms. The molecule has 0 aliphatic carbocycles. The molecule has 0 aliphatic rings. The minimum atomic E-state index is -0.329. The molecule has 106 valence electrons. The molecule has 2 rings (SSSR count). The third kappa shape index (κ3) is 3.40. The van der Waals surface area contributed by atoms with Crippen molar-refractivity contribution in [3.8, 4) is 0 Å². The van der Waals surface area contributed by atoms with E-state index in [1.807, 2.05) is 20.8 Å². The number of carbonyl (C=O) groups excluding carboxylic acids is 1. The Morgan fingerprint density at radius 2 is 2.00 bits per heavy atom. The Morgan fingerprint density at radius 1 is 1.35 bits per heavy atom. The Kier molecular flexibility index (Phi) is 4.12. The lowest BCUT2D eigenvalue weighted by Crippen LogP contribution is -2.25. The van der Waals surface area contributed by atoms with Crippen molar-refractivity contribution in [1.29, 1.82) is 0 Å². The highest BCUT2D eigenvalue weighted by Gasteiger charge is 2.16. The van der Waals surface area contributed by atoms with Crippen LogP contribution in [0.1, 0.15) is 18.6 Å². The lowest BCUT2D eigenvalue weighted by atomic mass is 10.1. The molecular formula is C14H17FN4O. The summed E-state index contributed by atoms with van der Waals surface area (Å²) in [7, 11) is 0. The van der Waals surface area contributed by atoms with Crippen LogP contribution < -0.4 is 5.32 Å². The summed E-state index contributed by atoms with van der Waals surface area (Å²) in [5.74, 6) is 0.742. The van der Waals surface area contributed by atoms with E-state index in [-0.39, 0.29) is 17.6 Å². The number of aromatic nitrogens is 3. The number of amides is 1. The molecule has 1 aromatic carbocycles. The second kappa shape index (κ2) is 5.81. The van der Waals surface area contributed by atoms with E-state index in [4.69, 9.17) is 0 Å². The predicted octanol–water partition coefficient (Wildman–Crippen LogP) is 2.31. The van der Waals surface area contributed by atoms with E-state index < -0.39 is 0 Å². The zero-order valence-corrected chi connectivity index (χ0v) is 11.7. The maximum atomic E-state index is 12.8. The molecule has 0 unspecified atom stereocenters. The van der Waals surface area contributed by atoms with Gasteiger partial charge in [-0.2, -0.15) is 5.10 Å². The average molecular weight is 276 g/mol. The van der Waals surface area contributed by atoms with Crippen LogP contribution in [-0.4, -0.2) is 20.7 Å². The van der Waals surface area contributed by atoms with Crippen LogP contribution >= 0.6 is 0 Å². The van der Waals surface area contributed by atoms with Crippen LogP contribution in [0.3, 0.4) is 0 Å². The van der Waals surface area contributed by atoms with Crippen LogP contribution in [0.25, 0.3) is 0 Å². The molecule has 2 aromatic rings. The third-order valence-corrected chi connectivity index (χ3v) is 2.97. The molecule has 0 saturated heterocycles. The maximum Gasteiger partial charge on any atom is 0.229 e. The van der Waals surface area contributed by atoms with Crippen LogP contribution in [0.4, 0.5) is 10.1 Å². The second-order valence-electron chi connectivity index (χ2n) is 4.79. The molecule has 0 fully saturated rings. The van der Waals surface area contributed by atoms with E-state index in [0.29, 0.717) is 18.1 Å². The van der Waals surface area contributed by atoms with Gasteiger partial charge in [-0.1, -0.05) is 6.92 Å². The van der Waals surface area contributed by atoms with E-state index in [1.165, 1.54) is 24.3 Å². The van der Waals surface area contributed by atoms with Crippen molar-refractivity contribution in [3.05, 3.63) is 41.7 Å². The van der Waals surface area contributed by atoms with Crippen molar-refractivity contribution in [2.45, 2.75) is 27.3 Å². The van der Waals surface area contributed by atoms with E-state index in [0.717, 1.165) is 5.82 Å². The van der Waals surface area contributed by atoms with Gasteiger partial charge in [0.15, 0.2) is 0 Å². The molecule has 0 bridgehead atoms. The van der Waals surface area contributed by atoms with Gasteiger partial charge in [-0.15, -0.1) is 0 Å². The standard InChI is InChI=1S/C14H17FN4O/c1-9(8-19-11(3)16-10(2)18-19)14(20)17-13-6-4-12(15)5-7-13/h4-7,9H,8H2,1-3H3,(H,17,20)/t9-/m0/s1. The van der Waals surface area contributed by atoms with E-state index in [2.05, 4.69) is 15.4 Å². The fraction of sp³-hybridized carbons (Fsp3) is 0.357. The number of rotatable bonds is 4. The molecule has 0 aliphatic heterocycles. The largest absolute Gasteiger partial charge is 0.326 e. The van der Waals surface area contributed by atoms with Crippen LogP contribution in [-0.2, 0) is 11.3 Å². The number of nitrogens with zero attached hydrogens (tertiary/aromatic N) is 3. The number of hydrogen-bond donors (Lipinski definition) is 1. The minimum Gasteiger partial charge on any atom is -0.326 e. The zero-order chi connectivity index (χ0) is 14.7. The first-order valence-electron chi connectivity index (χ1n) is 6.40. The fourth-order valence-corrected chi connectivity index (χ4v) is 1.88. The van der Waals surface area contributed by atoms with Crippen molar-refractivity contribution >= 4 is 11.6 Å². The van der Waals surface area contributed by atoms with Gasteiger partial charge in [0.25, 0.3) is 0 Å². The van der Waals surface area contributed by atoms with E-state index in [1.54, 1.807) is 4.68 Å². The summed E-state index contributed by atoms with van der Waals surface area (Å²) in [6.45, 7) is 5.94. The summed E-state index contributed by atoms with van der Waals surface area (Å²) >= 11 is 0. The van der Waals surface area contributed by atoms with E-state index in [9.17, 15) is 9.18 Å². The first-order chi connectivity index (χ1) is 9.45. The molecular weight excluding hydrogens is 259 g/mol.